The molecule has 0 bridgehead atoms. The molecule has 1 atom stereocenters. The predicted octanol–water partition coefficient (Wildman–Crippen LogP) is 3.65. The minimum atomic E-state index is -3.72. The Bertz CT molecular complexity index is 916. The van der Waals surface area contributed by atoms with Crippen molar-refractivity contribution in [2.75, 3.05) is 13.2 Å². The van der Waals surface area contributed by atoms with Crippen LogP contribution in [-0.2, 0) is 10.0 Å². The Morgan fingerprint density at radius 1 is 1.04 bits per heavy atom. The van der Waals surface area contributed by atoms with Crippen LogP contribution in [0.5, 0.6) is 11.5 Å². The van der Waals surface area contributed by atoms with Crippen LogP contribution in [0, 0.1) is 0 Å². The third kappa shape index (κ3) is 3.43. The molecule has 25 heavy (non-hydrogen) atoms. The molecule has 130 valence electrons. The number of sulfonamides is 1. The summed E-state index contributed by atoms with van der Waals surface area (Å²) in [5.41, 5.74) is 0.925. The van der Waals surface area contributed by atoms with Gasteiger partial charge in [0.2, 0.25) is 10.0 Å². The van der Waals surface area contributed by atoms with Crippen molar-refractivity contribution in [3.05, 3.63) is 63.0 Å². The van der Waals surface area contributed by atoms with Gasteiger partial charge in [0.05, 0.1) is 10.9 Å². The van der Waals surface area contributed by atoms with Crippen molar-refractivity contribution in [3.63, 3.8) is 0 Å². The molecule has 8 heteroatoms. The van der Waals surface area contributed by atoms with Crippen molar-refractivity contribution in [3.8, 4) is 11.5 Å². The molecular formula is C17H15NO4S3. The highest BCUT2D eigenvalue weighted by molar-refractivity contribution is 7.89. The predicted molar refractivity (Wildman–Crippen MR) is 98.2 cm³/mol. The summed E-state index contributed by atoms with van der Waals surface area (Å²) < 4.78 is 39.6. The normalized spacial score (nSPS) is 15.0. The first kappa shape index (κ1) is 16.6. The number of nitrogens with one attached hydrogen (secondary N) is 1. The number of fused-ring (bicyclic) bond motifs is 1. The first-order valence-electron chi connectivity index (χ1n) is 7.61. The van der Waals surface area contributed by atoms with Gasteiger partial charge < -0.3 is 9.47 Å². The Labute approximate surface area is 153 Å². The van der Waals surface area contributed by atoms with Crippen molar-refractivity contribution in [2.24, 2.45) is 0 Å². The summed E-state index contributed by atoms with van der Waals surface area (Å²) in [5.74, 6) is 1.02. The summed E-state index contributed by atoms with van der Waals surface area (Å²) >= 11 is 3.06. The molecule has 3 heterocycles. The zero-order valence-corrected chi connectivity index (χ0v) is 15.5. The minimum absolute atomic E-state index is 0.161. The highest BCUT2D eigenvalue weighted by Crippen LogP contribution is 2.34. The highest BCUT2D eigenvalue weighted by Gasteiger charge is 2.25. The topological polar surface area (TPSA) is 64.6 Å². The average Bonchev–Trinajstić information content (AvgIpc) is 3.33. The minimum Gasteiger partial charge on any atom is -0.486 e. The molecule has 1 N–H and O–H groups in total. The number of thiophene rings is 2. The molecule has 5 nitrogen and oxygen atoms in total. The van der Waals surface area contributed by atoms with E-state index in [1.54, 1.807) is 6.07 Å². The van der Waals surface area contributed by atoms with Crippen molar-refractivity contribution in [1.82, 2.24) is 4.72 Å². The molecule has 4 rings (SSSR count). The Kier molecular flexibility index (Phi) is 4.51. The molecule has 0 saturated heterocycles. The number of rotatable bonds is 5. The number of ether oxygens (including phenoxy) is 2. The molecule has 1 aromatic carbocycles. The maximum Gasteiger partial charge on any atom is 0.241 e. The second-order valence-electron chi connectivity index (χ2n) is 5.43. The van der Waals surface area contributed by atoms with Crippen LogP contribution in [0.1, 0.15) is 16.5 Å². The van der Waals surface area contributed by atoms with Gasteiger partial charge in [-0.15, -0.1) is 11.3 Å². The zero-order valence-electron chi connectivity index (χ0n) is 13.0. The van der Waals surface area contributed by atoms with E-state index in [1.807, 2.05) is 34.3 Å². The lowest BCUT2D eigenvalue weighted by Crippen LogP contribution is -2.29. The maximum atomic E-state index is 12.9. The Morgan fingerprint density at radius 3 is 2.60 bits per heavy atom. The van der Waals surface area contributed by atoms with Crippen LogP contribution in [0.15, 0.2) is 57.4 Å². The smallest absolute Gasteiger partial charge is 0.241 e. The molecule has 0 spiro atoms. The van der Waals surface area contributed by atoms with E-state index in [0.717, 1.165) is 10.4 Å². The average molecular weight is 394 g/mol. The third-order valence-electron chi connectivity index (χ3n) is 3.80. The first-order valence-corrected chi connectivity index (χ1v) is 10.9. The molecule has 1 aliphatic rings. The van der Waals surface area contributed by atoms with Gasteiger partial charge in [0, 0.05) is 10.9 Å². The zero-order chi connectivity index (χ0) is 17.3. The second-order valence-corrected chi connectivity index (χ2v) is 8.91. The van der Waals surface area contributed by atoms with E-state index in [4.69, 9.17) is 9.47 Å². The summed E-state index contributed by atoms with van der Waals surface area (Å²) in [4.78, 5) is 1.10. The monoisotopic (exact) mass is 393 g/mol. The van der Waals surface area contributed by atoms with Crippen LogP contribution < -0.4 is 14.2 Å². The molecule has 1 aliphatic heterocycles. The largest absolute Gasteiger partial charge is 0.486 e. The first-order chi connectivity index (χ1) is 12.1. The Hall–Kier alpha value is -1.87. The summed E-state index contributed by atoms with van der Waals surface area (Å²) in [7, 11) is -3.72. The van der Waals surface area contributed by atoms with Gasteiger partial charge >= 0.3 is 0 Å². The van der Waals surface area contributed by atoms with Gasteiger partial charge in [-0.3, -0.25) is 0 Å². The molecule has 0 amide bonds. The molecule has 2 aromatic heterocycles. The lowest BCUT2D eigenvalue weighted by Gasteiger charge is -2.20. The Balaban J connectivity index is 1.67. The summed E-state index contributed by atoms with van der Waals surface area (Å²) in [6.45, 7) is 0.882. The van der Waals surface area contributed by atoms with Gasteiger partial charge in [-0.2, -0.15) is 16.1 Å². The summed E-state index contributed by atoms with van der Waals surface area (Å²) in [6.07, 6.45) is 0. The summed E-state index contributed by atoms with van der Waals surface area (Å²) in [5, 5.41) is 5.83. The molecule has 0 aliphatic carbocycles. The number of hydrogen-bond acceptors (Lipinski definition) is 6. The van der Waals surface area contributed by atoms with Gasteiger partial charge in [0.15, 0.2) is 11.5 Å². The lowest BCUT2D eigenvalue weighted by atomic mass is 10.1. The van der Waals surface area contributed by atoms with Crippen molar-refractivity contribution >= 4 is 32.7 Å². The molecule has 0 radical (unpaired) electrons. The van der Waals surface area contributed by atoms with E-state index >= 15 is 0 Å². The van der Waals surface area contributed by atoms with Crippen LogP contribution in [0.4, 0.5) is 0 Å². The Morgan fingerprint density at radius 2 is 1.88 bits per heavy atom. The van der Waals surface area contributed by atoms with Crippen LogP contribution in [0.2, 0.25) is 0 Å². The standard InChI is InChI=1S/C17H15NO4S3/c19-25(20,13-3-4-14-15(10-13)22-7-6-21-14)18-17(12-5-9-23-11-12)16-2-1-8-24-16/h1-5,8-11,17-18H,6-7H2/t17-/m0/s1. The molecule has 0 fully saturated rings. The van der Waals surface area contributed by atoms with Crippen LogP contribution >= 0.6 is 22.7 Å². The van der Waals surface area contributed by atoms with E-state index in [2.05, 4.69) is 4.72 Å². The fraction of sp³-hybridized carbons (Fsp3) is 0.176. The van der Waals surface area contributed by atoms with Crippen LogP contribution in [0.3, 0.4) is 0 Å². The van der Waals surface area contributed by atoms with Gasteiger partial charge in [0.25, 0.3) is 0 Å². The van der Waals surface area contributed by atoms with Crippen molar-refractivity contribution < 1.29 is 17.9 Å². The lowest BCUT2D eigenvalue weighted by molar-refractivity contribution is 0.171. The fourth-order valence-electron chi connectivity index (χ4n) is 2.60. The van der Waals surface area contributed by atoms with E-state index in [1.165, 1.54) is 34.8 Å². The third-order valence-corrected chi connectivity index (χ3v) is 6.86. The molecular weight excluding hydrogens is 378 g/mol. The van der Waals surface area contributed by atoms with E-state index in [9.17, 15) is 8.42 Å². The van der Waals surface area contributed by atoms with Gasteiger partial charge in [-0.25, -0.2) is 8.42 Å². The second kappa shape index (κ2) is 6.80. The quantitative estimate of drug-likeness (QED) is 0.719. The van der Waals surface area contributed by atoms with Gasteiger partial charge in [0.1, 0.15) is 13.2 Å². The molecule has 3 aromatic rings. The van der Waals surface area contributed by atoms with Gasteiger partial charge in [-0.1, -0.05) is 6.07 Å². The van der Waals surface area contributed by atoms with E-state index in [-0.39, 0.29) is 4.90 Å². The fourth-order valence-corrected chi connectivity index (χ4v) is 5.38. The van der Waals surface area contributed by atoms with E-state index < -0.39 is 16.1 Å². The van der Waals surface area contributed by atoms with E-state index in [0.29, 0.717) is 24.7 Å². The molecule has 0 unspecified atom stereocenters. The van der Waals surface area contributed by atoms with Crippen LogP contribution in [-0.4, -0.2) is 21.6 Å². The molecule has 0 saturated carbocycles. The SMILES string of the molecule is O=S(=O)(N[C@@H](c1ccsc1)c1cccs1)c1ccc2c(c1)OCCO2. The summed E-state index contributed by atoms with van der Waals surface area (Å²) in [6, 6.07) is 10.0. The number of benzene rings is 1. The number of hydrogen-bond donors (Lipinski definition) is 1. The highest BCUT2D eigenvalue weighted by atomic mass is 32.2. The van der Waals surface area contributed by atoms with Crippen LogP contribution in [0.25, 0.3) is 0 Å². The maximum absolute atomic E-state index is 12.9. The van der Waals surface area contributed by atoms with Crippen molar-refractivity contribution in [2.45, 2.75) is 10.9 Å². The van der Waals surface area contributed by atoms with Crippen molar-refractivity contribution in [1.29, 1.82) is 0 Å². The van der Waals surface area contributed by atoms with Gasteiger partial charge in [-0.05, 0) is 46.0 Å².